The van der Waals surface area contributed by atoms with Crippen LogP contribution in [-0.4, -0.2) is 17.0 Å². The highest BCUT2D eigenvalue weighted by Gasteiger charge is 2.07. The molecule has 0 saturated heterocycles. The minimum atomic E-state index is -0.273. The molecule has 0 aliphatic heterocycles. The van der Waals surface area contributed by atoms with Crippen molar-refractivity contribution >= 4 is 11.7 Å². The fraction of sp³-hybridized carbons (Fsp3) is 0.0769. The Morgan fingerprint density at radius 1 is 1.32 bits per heavy atom. The zero-order valence-electron chi connectivity index (χ0n) is 10.0. The van der Waals surface area contributed by atoms with E-state index in [1.165, 1.54) is 6.26 Å². The zero-order chi connectivity index (χ0) is 13.7. The smallest absolute Gasteiger partial charge is 0.287 e. The van der Waals surface area contributed by atoms with Crippen LogP contribution in [-0.2, 0) is 6.54 Å². The Kier molecular flexibility index (Phi) is 3.82. The van der Waals surface area contributed by atoms with E-state index in [1.54, 1.807) is 36.4 Å². The van der Waals surface area contributed by atoms with Crippen LogP contribution in [0.4, 0.5) is 0 Å². The maximum Gasteiger partial charge on any atom is 0.287 e. The average Bonchev–Trinajstić information content (AvgIpc) is 2.98. The van der Waals surface area contributed by atoms with E-state index in [0.717, 1.165) is 5.56 Å². The number of amides is 1. The van der Waals surface area contributed by atoms with E-state index in [1.807, 2.05) is 0 Å². The summed E-state index contributed by atoms with van der Waals surface area (Å²) in [7, 11) is 0. The van der Waals surface area contributed by atoms with Crippen LogP contribution >= 0.6 is 0 Å². The van der Waals surface area contributed by atoms with E-state index >= 15 is 0 Å². The van der Waals surface area contributed by atoms with Gasteiger partial charge in [0.2, 0.25) is 0 Å². The van der Waals surface area contributed by atoms with Gasteiger partial charge in [-0.2, -0.15) is 0 Å². The number of nitrogens with zero attached hydrogens (tertiary/aromatic N) is 1. The van der Waals surface area contributed by atoms with Crippen molar-refractivity contribution in [2.45, 2.75) is 6.54 Å². The molecule has 6 heteroatoms. The Balaban J connectivity index is 1.95. The normalized spacial score (nSPS) is 11.3. The third-order valence-corrected chi connectivity index (χ3v) is 2.56. The lowest BCUT2D eigenvalue weighted by Gasteiger charge is -2.04. The molecular formula is C13H13N3O3. The highest BCUT2D eigenvalue weighted by Crippen LogP contribution is 2.05. The van der Waals surface area contributed by atoms with Crippen molar-refractivity contribution in [3.8, 4) is 0 Å². The molecule has 1 heterocycles. The van der Waals surface area contributed by atoms with E-state index in [9.17, 15) is 4.79 Å². The van der Waals surface area contributed by atoms with Crippen molar-refractivity contribution in [2.24, 2.45) is 10.9 Å². The fourth-order valence-electron chi connectivity index (χ4n) is 1.53. The van der Waals surface area contributed by atoms with Gasteiger partial charge in [-0.15, -0.1) is 0 Å². The first-order valence-corrected chi connectivity index (χ1v) is 5.59. The summed E-state index contributed by atoms with van der Waals surface area (Å²) in [6.45, 7) is 0.371. The van der Waals surface area contributed by atoms with Gasteiger partial charge in [-0.05, 0) is 17.7 Å². The summed E-state index contributed by atoms with van der Waals surface area (Å²) in [6.07, 6.45) is 1.45. The predicted molar refractivity (Wildman–Crippen MR) is 68.8 cm³/mol. The Bertz CT molecular complexity index is 574. The minimum Gasteiger partial charge on any atom is -0.459 e. The number of oxime groups is 1. The molecule has 2 rings (SSSR count). The van der Waals surface area contributed by atoms with Crippen LogP contribution in [0.25, 0.3) is 0 Å². The molecule has 1 aromatic carbocycles. The largest absolute Gasteiger partial charge is 0.459 e. The van der Waals surface area contributed by atoms with Crippen LogP contribution in [0.15, 0.2) is 52.2 Å². The molecular weight excluding hydrogens is 246 g/mol. The van der Waals surface area contributed by atoms with Gasteiger partial charge in [0.15, 0.2) is 11.6 Å². The zero-order valence-corrected chi connectivity index (χ0v) is 10.0. The molecule has 4 N–H and O–H groups in total. The van der Waals surface area contributed by atoms with Crippen molar-refractivity contribution in [1.29, 1.82) is 0 Å². The summed E-state index contributed by atoms with van der Waals surface area (Å²) in [6, 6.07) is 10.2. The van der Waals surface area contributed by atoms with Crippen molar-refractivity contribution in [1.82, 2.24) is 5.32 Å². The number of carbonyl (C=O) groups is 1. The standard InChI is InChI=1S/C13H13N3O3/c14-12(16-18)10-5-3-9(4-6-10)8-15-13(17)11-2-1-7-19-11/h1-7,18H,8H2,(H2,14,16)(H,15,17). The summed E-state index contributed by atoms with van der Waals surface area (Å²) in [5, 5.41) is 14.2. The molecule has 1 aromatic heterocycles. The number of carbonyl (C=O) groups excluding carboxylic acids is 1. The molecule has 0 spiro atoms. The minimum absolute atomic E-state index is 0.0474. The number of nitrogens with one attached hydrogen (secondary N) is 1. The monoisotopic (exact) mass is 259 g/mol. The van der Waals surface area contributed by atoms with Gasteiger partial charge in [0.25, 0.3) is 5.91 Å². The molecule has 98 valence electrons. The third-order valence-electron chi connectivity index (χ3n) is 2.56. The van der Waals surface area contributed by atoms with Crippen LogP contribution in [0.1, 0.15) is 21.7 Å². The van der Waals surface area contributed by atoms with Crippen LogP contribution in [0, 0.1) is 0 Å². The van der Waals surface area contributed by atoms with Gasteiger partial charge < -0.3 is 20.7 Å². The lowest BCUT2D eigenvalue weighted by molar-refractivity contribution is 0.0923. The van der Waals surface area contributed by atoms with E-state index < -0.39 is 0 Å². The molecule has 2 aromatic rings. The summed E-state index contributed by atoms with van der Waals surface area (Å²) in [5.41, 5.74) is 6.96. The van der Waals surface area contributed by atoms with Gasteiger partial charge in [0, 0.05) is 12.1 Å². The quantitative estimate of drug-likeness (QED) is 0.333. The molecule has 0 aliphatic carbocycles. The second-order valence-electron chi connectivity index (χ2n) is 3.84. The third kappa shape index (κ3) is 3.12. The number of nitrogens with two attached hydrogens (primary N) is 1. The second-order valence-corrected chi connectivity index (χ2v) is 3.84. The van der Waals surface area contributed by atoms with Crippen LogP contribution in [0.5, 0.6) is 0 Å². The van der Waals surface area contributed by atoms with Gasteiger partial charge >= 0.3 is 0 Å². The summed E-state index contributed by atoms with van der Waals surface area (Å²) >= 11 is 0. The molecule has 0 radical (unpaired) electrons. The number of amidine groups is 1. The van der Waals surface area contributed by atoms with Gasteiger partial charge in [0.1, 0.15) is 0 Å². The summed E-state index contributed by atoms with van der Waals surface area (Å²) < 4.78 is 4.98. The first-order valence-electron chi connectivity index (χ1n) is 5.59. The molecule has 19 heavy (non-hydrogen) atoms. The molecule has 6 nitrogen and oxygen atoms in total. The number of benzene rings is 1. The highest BCUT2D eigenvalue weighted by atomic mass is 16.4. The van der Waals surface area contributed by atoms with Crippen molar-refractivity contribution in [3.05, 3.63) is 59.5 Å². The summed E-state index contributed by atoms with van der Waals surface area (Å²) in [5.74, 6) is 0.0463. The first kappa shape index (κ1) is 12.7. The second kappa shape index (κ2) is 5.72. The fourth-order valence-corrected chi connectivity index (χ4v) is 1.53. The number of hydrogen-bond donors (Lipinski definition) is 3. The average molecular weight is 259 g/mol. The van der Waals surface area contributed by atoms with Crippen LogP contribution < -0.4 is 11.1 Å². The molecule has 0 aliphatic rings. The summed E-state index contributed by atoms with van der Waals surface area (Å²) in [4.78, 5) is 11.6. The molecule has 0 fully saturated rings. The Labute approximate surface area is 109 Å². The van der Waals surface area contributed by atoms with E-state index in [2.05, 4.69) is 10.5 Å². The van der Waals surface area contributed by atoms with Gasteiger partial charge in [-0.3, -0.25) is 4.79 Å². The lowest BCUT2D eigenvalue weighted by Crippen LogP contribution is -2.22. The van der Waals surface area contributed by atoms with E-state index in [0.29, 0.717) is 12.1 Å². The van der Waals surface area contributed by atoms with Crippen LogP contribution in [0.3, 0.4) is 0 Å². The Hall–Kier alpha value is -2.76. The van der Waals surface area contributed by atoms with Gasteiger partial charge in [0.05, 0.1) is 6.26 Å². The predicted octanol–water partition coefficient (Wildman–Crippen LogP) is 1.30. The maximum atomic E-state index is 11.6. The highest BCUT2D eigenvalue weighted by molar-refractivity contribution is 5.97. The Morgan fingerprint density at radius 3 is 2.63 bits per heavy atom. The topological polar surface area (TPSA) is 101 Å². The number of furan rings is 1. The molecule has 1 amide bonds. The van der Waals surface area contributed by atoms with Gasteiger partial charge in [-0.25, -0.2) is 0 Å². The number of hydrogen-bond acceptors (Lipinski definition) is 4. The SMILES string of the molecule is NC(=NO)c1ccc(CNC(=O)c2ccco2)cc1. The molecule has 0 saturated carbocycles. The van der Waals surface area contributed by atoms with Crippen molar-refractivity contribution < 1.29 is 14.4 Å². The molecule has 0 bridgehead atoms. The van der Waals surface area contributed by atoms with Crippen LogP contribution in [0.2, 0.25) is 0 Å². The van der Waals surface area contributed by atoms with Crippen molar-refractivity contribution in [3.63, 3.8) is 0 Å². The molecule has 0 unspecified atom stereocenters. The van der Waals surface area contributed by atoms with E-state index in [-0.39, 0.29) is 17.5 Å². The van der Waals surface area contributed by atoms with Gasteiger partial charge in [-0.1, -0.05) is 29.4 Å². The maximum absolute atomic E-state index is 11.6. The number of rotatable bonds is 4. The van der Waals surface area contributed by atoms with Crippen molar-refractivity contribution in [2.75, 3.05) is 0 Å². The molecule has 0 atom stereocenters. The van der Waals surface area contributed by atoms with E-state index in [4.69, 9.17) is 15.4 Å². The lowest BCUT2D eigenvalue weighted by atomic mass is 10.1. The first-order chi connectivity index (χ1) is 9.20. The Morgan fingerprint density at radius 2 is 2.05 bits per heavy atom.